The van der Waals surface area contributed by atoms with Crippen molar-refractivity contribution < 1.29 is 23.8 Å². The number of benzene rings is 2. The zero-order valence-electron chi connectivity index (χ0n) is 18.8. The van der Waals surface area contributed by atoms with Crippen molar-refractivity contribution in [3.8, 4) is 17.2 Å². The second kappa shape index (κ2) is 7.95. The quantitative estimate of drug-likeness (QED) is 0.663. The van der Waals surface area contributed by atoms with E-state index in [1.807, 2.05) is 37.3 Å². The third-order valence-corrected chi connectivity index (χ3v) is 6.31. The van der Waals surface area contributed by atoms with Gasteiger partial charge in [0.25, 0.3) is 11.8 Å². The molecule has 3 heterocycles. The van der Waals surface area contributed by atoms with Crippen molar-refractivity contribution in [3.63, 3.8) is 0 Å². The van der Waals surface area contributed by atoms with E-state index in [9.17, 15) is 9.59 Å². The molecule has 1 N–H and O–H groups in total. The smallest absolute Gasteiger partial charge is 0.272 e. The summed E-state index contributed by atoms with van der Waals surface area (Å²) < 4.78 is 17.2. The van der Waals surface area contributed by atoms with Crippen molar-refractivity contribution in [3.05, 3.63) is 59.3 Å². The number of carbonyl (C=O) groups is 2. The number of likely N-dealkylation sites (tertiary alicyclic amines) is 1. The third-order valence-electron chi connectivity index (χ3n) is 6.31. The molecular weight excluding hydrogens is 422 g/mol. The van der Waals surface area contributed by atoms with Crippen molar-refractivity contribution in [1.29, 1.82) is 0 Å². The van der Waals surface area contributed by atoms with Crippen LogP contribution in [0.5, 0.6) is 17.2 Å². The summed E-state index contributed by atoms with van der Waals surface area (Å²) >= 11 is 0. The van der Waals surface area contributed by atoms with Crippen LogP contribution in [0.4, 0.5) is 0 Å². The molecule has 0 unspecified atom stereocenters. The lowest BCUT2D eigenvalue weighted by atomic mass is 9.96. The lowest BCUT2D eigenvalue weighted by Gasteiger charge is -2.44. The van der Waals surface area contributed by atoms with Crippen molar-refractivity contribution in [2.24, 2.45) is 0 Å². The zero-order chi connectivity index (χ0) is 23.2. The molecule has 0 atom stereocenters. The Hall–Kier alpha value is -3.81. The first-order valence-corrected chi connectivity index (χ1v) is 10.9. The summed E-state index contributed by atoms with van der Waals surface area (Å²) in [7, 11) is 3.13. The Morgan fingerprint density at radius 1 is 1.09 bits per heavy atom. The number of amides is 2. The van der Waals surface area contributed by atoms with E-state index in [0.717, 1.165) is 10.9 Å². The van der Waals surface area contributed by atoms with Gasteiger partial charge in [0, 0.05) is 37.4 Å². The average molecular weight is 447 g/mol. The van der Waals surface area contributed by atoms with Crippen LogP contribution in [0.2, 0.25) is 0 Å². The van der Waals surface area contributed by atoms with Crippen LogP contribution >= 0.6 is 0 Å². The lowest BCUT2D eigenvalue weighted by molar-refractivity contribution is -0.0246. The minimum absolute atomic E-state index is 0.146. The minimum Gasteiger partial charge on any atom is -0.496 e. The van der Waals surface area contributed by atoms with E-state index in [-0.39, 0.29) is 17.5 Å². The number of piperidine rings is 1. The van der Waals surface area contributed by atoms with Crippen LogP contribution in [0.25, 0.3) is 10.9 Å². The fourth-order valence-corrected chi connectivity index (χ4v) is 4.51. The van der Waals surface area contributed by atoms with Gasteiger partial charge in [-0.1, -0.05) is 17.7 Å². The first-order chi connectivity index (χ1) is 15.9. The normalized spacial score (nSPS) is 16.7. The van der Waals surface area contributed by atoms with Crippen molar-refractivity contribution in [1.82, 2.24) is 15.2 Å². The Morgan fingerprint density at radius 3 is 2.58 bits per heavy atom. The van der Waals surface area contributed by atoms with E-state index in [1.165, 1.54) is 0 Å². The fraction of sp³-hybridized carbons (Fsp3) is 0.320. The maximum Gasteiger partial charge on any atom is 0.272 e. The molecule has 2 aromatic carbocycles. The van der Waals surface area contributed by atoms with Crippen LogP contribution in [0.1, 0.15) is 39.3 Å². The van der Waals surface area contributed by atoms with Crippen molar-refractivity contribution >= 4 is 22.7 Å². The summed E-state index contributed by atoms with van der Waals surface area (Å²) in [6.45, 7) is 2.79. The first-order valence-electron chi connectivity index (χ1n) is 10.9. The van der Waals surface area contributed by atoms with Gasteiger partial charge in [0.1, 0.15) is 28.5 Å². The van der Waals surface area contributed by atoms with Crippen LogP contribution in [0.3, 0.4) is 0 Å². The summed E-state index contributed by atoms with van der Waals surface area (Å²) in [5.74, 6) is 1.37. The monoisotopic (exact) mass is 447 g/mol. The molecule has 8 heteroatoms. The Morgan fingerprint density at radius 2 is 1.85 bits per heavy atom. The molecule has 3 aromatic rings. The first kappa shape index (κ1) is 21.1. The van der Waals surface area contributed by atoms with Gasteiger partial charge in [-0.15, -0.1) is 0 Å². The van der Waals surface area contributed by atoms with E-state index in [4.69, 9.17) is 14.2 Å². The van der Waals surface area contributed by atoms with Gasteiger partial charge < -0.3 is 24.4 Å². The van der Waals surface area contributed by atoms with Gasteiger partial charge >= 0.3 is 0 Å². The third kappa shape index (κ3) is 3.61. The Kier molecular flexibility index (Phi) is 5.08. The fourth-order valence-electron chi connectivity index (χ4n) is 4.51. The highest BCUT2D eigenvalue weighted by Gasteiger charge is 2.43. The molecule has 1 spiro atoms. The van der Waals surface area contributed by atoms with E-state index >= 15 is 0 Å². The molecule has 1 saturated heterocycles. The molecule has 0 aliphatic carbocycles. The average Bonchev–Trinajstić information content (AvgIpc) is 2.83. The predicted molar refractivity (Wildman–Crippen MR) is 122 cm³/mol. The second-order valence-corrected chi connectivity index (χ2v) is 8.41. The van der Waals surface area contributed by atoms with Crippen LogP contribution in [-0.4, -0.2) is 54.7 Å². The second-order valence-electron chi connectivity index (χ2n) is 8.41. The largest absolute Gasteiger partial charge is 0.496 e. The summed E-state index contributed by atoms with van der Waals surface area (Å²) in [6.07, 6.45) is 0.956. The van der Waals surface area contributed by atoms with Gasteiger partial charge in [-0.05, 0) is 31.2 Å². The highest BCUT2D eigenvalue weighted by molar-refractivity contribution is 5.99. The molecule has 0 saturated carbocycles. The molecule has 33 heavy (non-hydrogen) atoms. The number of fused-ring (bicyclic) bond motifs is 2. The Bertz CT molecular complexity index is 1260. The van der Waals surface area contributed by atoms with Crippen LogP contribution in [0, 0.1) is 6.92 Å². The van der Waals surface area contributed by atoms with E-state index in [1.54, 1.807) is 31.3 Å². The molecule has 0 bridgehead atoms. The number of methoxy groups -OCH3 is 2. The van der Waals surface area contributed by atoms with Gasteiger partial charge in [0.2, 0.25) is 0 Å². The SMILES string of the molecule is COc1cc(C(=O)N2CCC3(CC2)NC(=O)c2cc(C)ccc2O3)nc2c(OC)cccc12. The standard InChI is InChI=1S/C25H25N3O5/c1-15-7-8-19-17(13-15)23(29)27-25(33-19)9-11-28(12-10-25)24(30)18-14-21(32-3)16-5-4-6-20(31-2)22(16)26-18/h4-8,13-14H,9-12H2,1-3H3,(H,27,29). The Balaban J connectivity index is 1.38. The van der Waals surface area contributed by atoms with Gasteiger partial charge in [-0.2, -0.15) is 0 Å². The molecule has 5 rings (SSSR count). The van der Waals surface area contributed by atoms with Gasteiger partial charge in [0.05, 0.1) is 19.8 Å². The van der Waals surface area contributed by atoms with Crippen molar-refractivity contribution in [2.75, 3.05) is 27.3 Å². The predicted octanol–water partition coefficient (Wildman–Crippen LogP) is 3.32. The number of carbonyl (C=O) groups excluding carboxylic acids is 2. The highest BCUT2D eigenvalue weighted by Crippen LogP contribution is 2.35. The number of nitrogens with one attached hydrogen (secondary N) is 1. The number of ether oxygens (including phenoxy) is 3. The van der Waals surface area contributed by atoms with E-state index < -0.39 is 5.72 Å². The number of rotatable bonds is 3. The topological polar surface area (TPSA) is 90.0 Å². The molecule has 2 amide bonds. The number of aryl methyl sites for hydroxylation is 1. The van der Waals surface area contributed by atoms with E-state index in [2.05, 4.69) is 10.3 Å². The molecule has 0 radical (unpaired) electrons. The van der Waals surface area contributed by atoms with Gasteiger partial charge in [0.15, 0.2) is 5.72 Å². The molecule has 2 aliphatic heterocycles. The highest BCUT2D eigenvalue weighted by atomic mass is 16.5. The number of para-hydroxylation sites is 1. The molecule has 1 aromatic heterocycles. The van der Waals surface area contributed by atoms with Gasteiger partial charge in [-0.3, -0.25) is 9.59 Å². The Labute approximate surface area is 191 Å². The summed E-state index contributed by atoms with van der Waals surface area (Å²) in [5.41, 5.74) is 1.59. The zero-order valence-corrected chi connectivity index (χ0v) is 18.8. The van der Waals surface area contributed by atoms with Crippen molar-refractivity contribution in [2.45, 2.75) is 25.5 Å². The maximum absolute atomic E-state index is 13.3. The minimum atomic E-state index is -0.812. The van der Waals surface area contributed by atoms with Gasteiger partial charge in [-0.25, -0.2) is 4.98 Å². The number of aromatic nitrogens is 1. The van der Waals surface area contributed by atoms with E-state index in [0.29, 0.717) is 54.3 Å². The maximum atomic E-state index is 13.3. The van der Waals surface area contributed by atoms with Crippen LogP contribution in [0.15, 0.2) is 42.5 Å². The van der Waals surface area contributed by atoms with Crippen LogP contribution in [-0.2, 0) is 0 Å². The molecular formula is C25H25N3O5. The number of hydrogen-bond acceptors (Lipinski definition) is 6. The lowest BCUT2D eigenvalue weighted by Crippen LogP contribution is -2.61. The molecule has 1 fully saturated rings. The summed E-state index contributed by atoms with van der Waals surface area (Å²) in [4.78, 5) is 32.3. The molecule has 2 aliphatic rings. The number of pyridine rings is 1. The summed E-state index contributed by atoms with van der Waals surface area (Å²) in [6, 6.07) is 12.8. The van der Waals surface area contributed by atoms with Crippen LogP contribution < -0.4 is 19.5 Å². The molecule has 8 nitrogen and oxygen atoms in total. The number of nitrogens with zero attached hydrogens (tertiary/aromatic N) is 2. The summed E-state index contributed by atoms with van der Waals surface area (Å²) in [5, 5.41) is 3.80. The molecule has 170 valence electrons. The number of hydrogen-bond donors (Lipinski definition) is 1.